The van der Waals surface area contributed by atoms with E-state index < -0.39 is 10.0 Å². The lowest BCUT2D eigenvalue weighted by Crippen LogP contribution is -2.42. The van der Waals surface area contributed by atoms with Crippen LogP contribution in [0.5, 0.6) is 0 Å². The topological polar surface area (TPSA) is 53.5 Å². The van der Waals surface area contributed by atoms with Gasteiger partial charge in [0.2, 0.25) is 10.0 Å². The second-order valence-corrected chi connectivity index (χ2v) is 9.04. The number of hydrogen-bond donors (Lipinski definition) is 0. The third kappa shape index (κ3) is 2.27. The third-order valence-electron chi connectivity index (χ3n) is 4.77. The minimum atomic E-state index is -3.46. The number of pyridine rings is 1. The molecule has 0 aliphatic carbocycles. The Labute approximate surface area is 134 Å². The first-order valence-corrected chi connectivity index (χ1v) is 9.93. The van der Waals surface area contributed by atoms with E-state index in [9.17, 15) is 8.42 Å². The van der Waals surface area contributed by atoms with E-state index in [-0.39, 0.29) is 12.1 Å². The van der Waals surface area contributed by atoms with Crippen molar-refractivity contribution in [1.82, 2.24) is 14.2 Å². The smallest absolute Gasteiger partial charge is 0.245 e. The van der Waals surface area contributed by atoms with E-state index in [0.29, 0.717) is 4.90 Å². The van der Waals surface area contributed by atoms with Gasteiger partial charge in [-0.1, -0.05) is 0 Å². The Morgan fingerprint density at radius 2 is 2.09 bits per heavy atom. The zero-order valence-corrected chi connectivity index (χ0v) is 14.1. The van der Waals surface area contributed by atoms with Crippen molar-refractivity contribution in [1.29, 1.82) is 0 Å². The average Bonchev–Trinajstić information content (AvgIpc) is 3.06. The maximum absolute atomic E-state index is 13.1. The number of thiophene rings is 1. The second-order valence-electron chi connectivity index (χ2n) is 6.25. The van der Waals surface area contributed by atoms with Gasteiger partial charge in [-0.05, 0) is 50.4 Å². The Kier molecular flexibility index (Phi) is 3.48. The summed E-state index contributed by atoms with van der Waals surface area (Å²) in [6.07, 6.45) is 4.37. The highest BCUT2D eigenvalue weighted by molar-refractivity contribution is 7.89. The SMILES string of the molecule is CN1CCC2CC[C@H](C1)N2S(=O)(=O)c1cnc2ccsc2c1. The number of hydrogen-bond acceptors (Lipinski definition) is 5. The van der Waals surface area contributed by atoms with E-state index in [0.717, 1.165) is 42.6 Å². The molecule has 2 aromatic heterocycles. The molecule has 2 aliphatic rings. The van der Waals surface area contributed by atoms with Crippen molar-refractivity contribution < 1.29 is 8.42 Å². The van der Waals surface area contributed by atoms with Crippen molar-refractivity contribution in [2.24, 2.45) is 0 Å². The van der Waals surface area contributed by atoms with Crippen LogP contribution in [0.3, 0.4) is 0 Å². The van der Waals surface area contributed by atoms with E-state index in [2.05, 4.69) is 16.9 Å². The van der Waals surface area contributed by atoms with Gasteiger partial charge < -0.3 is 4.90 Å². The number of rotatable bonds is 2. The predicted molar refractivity (Wildman–Crippen MR) is 87.6 cm³/mol. The molecule has 0 spiro atoms. The van der Waals surface area contributed by atoms with E-state index in [1.54, 1.807) is 10.4 Å². The monoisotopic (exact) mass is 337 g/mol. The first-order valence-electron chi connectivity index (χ1n) is 7.61. The molecule has 4 heterocycles. The highest BCUT2D eigenvalue weighted by Gasteiger charge is 2.44. The second kappa shape index (κ2) is 5.26. The van der Waals surface area contributed by atoms with Crippen LogP contribution < -0.4 is 0 Å². The summed E-state index contributed by atoms with van der Waals surface area (Å²) in [5, 5.41) is 1.94. The van der Waals surface area contributed by atoms with Gasteiger partial charge in [-0.15, -0.1) is 11.3 Å². The highest BCUT2D eigenvalue weighted by atomic mass is 32.2. The minimum absolute atomic E-state index is 0.0986. The molecule has 0 saturated carbocycles. The van der Waals surface area contributed by atoms with Crippen LogP contribution in [0.1, 0.15) is 19.3 Å². The molecule has 118 valence electrons. The van der Waals surface area contributed by atoms with Gasteiger partial charge in [0, 0.05) is 24.8 Å². The Hall–Kier alpha value is -1.02. The molecule has 0 amide bonds. The Balaban J connectivity index is 1.76. The molecule has 7 heteroatoms. The molecule has 0 radical (unpaired) electrons. The first-order chi connectivity index (χ1) is 10.6. The Bertz CT molecular complexity index is 802. The summed E-state index contributed by atoms with van der Waals surface area (Å²) >= 11 is 1.53. The van der Waals surface area contributed by atoms with Gasteiger partial charge in [0.05, 0.1) is 10.2 Å². The Morgan fingerprint density at radius 1 is 1.27 bits per heavy atom. The lowest BCUT2D eigenvalue weighted by atomic mass is 10.1. The number of aromatic nitrogens is 1. The van der Waals surface area contributed by atoms with Crippen LogP contribution in [0.25, 0.3) is 10.2 Å². The minimum Gasteiger partial charge on any atom is -0.305 e. The number of sulfonamides is 1. The molecule has 2 aliphatic heterocycles. The van der Waals surface area contributed by atoms with Crippen LogP contribution in [-0.4, -0.2) is 54.8 Å². The normalized spacial score (nSPS) is 27.3. The van der Waals surface area contributed by atoms with Crippen LogP contribution in [-0.2, 0) is 10.0 Å². The van der Waals surface area contributed by atoms with Gasteiger partial charge in [-0.3, -0.25) is 4.98 Å². The summed E-state index contributed by atoms with van der Waals surface area (Å²) in [5.74, 6) is 0. The van der Waals surface area contributed by atoms with Gasteiger partial charge in [0.15, 0.2) is 0 Å². The summed E-state index contributed by atoms with van der Waals surface area (Å²) in [5.41, 5.74) is 0.863. The molecule has 0 N–H and O–H groups in total. The van der Waals surface area contributed by atoms with Crippen molar-refractivity contribution in [2.75, 3.05) is 20.1 Å². The van der Waals surface area contributed by atoms with Gasteiger partial charge in [-0.25, -0.2) is 8.42 Å². The van der Waals surface area contributed by atoms with E-state index in [4.69, 9.17) is 0 Å². The maximum atomic E-state index is 13.1. The van der Waals surface area contributed by atoms with Crippen molar-refractivity contribution >= 4 is 31.6 Å². The van der Waals surface area contributed by atoms with E-state index >= 15 is 0 Å². The number of likely N-dealkylation sites (tertiary alicyclic amines) is 1. The van der Waals surface area contributed by atoms with Crippen LogP contribution in [0.2, 0.25) is 0 Å². The molecule has 2 aromatic rings. The molecule has 2 fully saturated rings. The first kappa shape index (κ1) is 14.6. The molecule has 5 nitrogen and oxygen atoms in total. The molecular weight excluding hydrogens is 318 g/mol. The zero-order valence-electron chi connectivity index (χ0n) is 12.5. The number of fused-ring (bicyclic) bond motifs is 3. The molecule has 1 unspecified atom stereocenters. The summed E-state index contributed by atoms with van der Waals surface area (Å²) in [7, 11) is -1.39. The third-order valence-corrected chi connectivity index (χ3v) is 7.60. The quantitative estimate of drug-likeness (QED) is 0.843. The van der Waals surface area contributed by atoms with Gasteiger partial charge in [-0.2, -0.15) is 4.31 Å². The largest absolute Gasteiger partial charge is 0.305 e. The van der Waals surface area contributed by atoms with Crippen molar-refractivity contribution in [3.05, 3.63) is 23.7 Å². The molecular formula is C15H19N3O2S2. The predicted octanol–water partition coefficient (Wildman–Crippen LogP) is 2.15. The summed E-state index contributed by atoms with van der Waals surface area (Å²) in [6, 6.07) is 3.93. The molecule has 4 rings (SSSR count). The summed E-state index contributed by atoms with van der Waals surface area (Å²) in [6.45, 7) is 1.79. The zero-order chi connectivity index (χ0) is 15.3. The molecule has 2 bridgehead atoms. The van der Waals surface area contributed by atoms with Crippen LogP contribution in [0.4, 0.5) is 0 Å². The molecule has 0 aromatic carbocycles. The Morgan fingerprint density at radius 3 is 2.95 bits per heavy atom. The molecule has 22 heavy (non-hydrogen) atoms. The number of nitrogens with zero attached hydrogens (tertiary/aromatic N) is 3. The van der Waals surface area contributed by atoms with Crippen molar-refractivity contribution in [3.8, 4) is 0 Å². The highest BCUT2D eigenvalue weighted by Crippen LogP contribution is 2.35. The van der Waals surface area contributed by atoms with Crippen LogP contribution in [0.15, 0.2) is 28.6 Å². The van der Waals surface area contributed by atoms with Crippen molar-refractivity contribution in [3.63, 3.8) is 0 Å². The van der Waals surface area contributed by atoms with Crippen LogP contribution >= 0.6 is 11.3 Å². The summed E-state index contributed by atoms with van der Waals surface area (Å²) in [4.78, 5) is 6.89. The van der Waals surface area contributed by atoms with E-state index in [1.165, 1.54) is 17.5 Å². The van der Waals surface area contributed by atoms with Crippen LogP contribution in [0, 0.1) is 0 Å². The maximum Gasteiger partial charge on any atom is 0.245 e. The number of likely N-dealkylation sites (N-methyl/N-ethyl adjacent to an activating group) is 1. The molecule has 2 saturated heterocycles. The van der Waals surface area contributed by atoms with Gasteiger partial charge >= 0.3 is 0 Å². The fourth-order valence-corrected chi connectivity index (χ4v) is 6.40. The lowest BCUT2D eigenvalue weighted by molar-refractivity contribution is 0.289. The average molecular weight is 337 g/mol. The standard InChI is InChI=1S/C15H19N3O2S2/c1-17-6-4-11-2-3-12(10-17)18(11)22(19,20)13-8-15-14(16-9-13)5-7-21-15/h5,7-9,11-12H,2-4,6,10H2,1H3/t11?,12-/m1/s1. The van der Waals surface area contributed by atoms with Gasteiger partial charge in [0.25, 0.3) is 0 Å². The van der Waals surface area contributed by atoms with E-state index in [1.807, 2.05) is 11.4 Å². The van der Waals surface area contributed by atoms with Crippen molar-refractivity contribution in [2.45, 2.75) is 36.2 Å². The van der Waals surface area contributed by atoms with Gasteiger partial charge in [0.1, 0.15) is 4.90 Å². The fraction of sp³-hybridized carbons (Fsp3) is 0.533. The molecule has 2 atom stereocenters. The lowest BCUT2D eigenvalue weighted by Gasteiger charge is -2.27. The fourth-order valence-electron chi connectivity index (χ4n) is 3.69. The summed E-state index contributed by atoms with van der Waals surface area (Å²) < 4.78 is 29.0.